The number of rotatable bonds is 53. The van der Waals surface area contributed by atoms with Crippen molar-refractivity contribution in [1.82, 2.24) is 5.32 Å². The minimum atomic E-state index is -4.56. The van der Waals surface area contributed by atoms with Crippen LogP contribution in [0.25, 0.3) is 0 Å². The zero-order chi connectivity index (χ0) is 48.5. The first-order valence-electron chi connectivity index (χ1n) is 28.7. The molecule has 0 aromatic rings. The number of aliphatic hydroxyl groups is 1. The van der Waals surface area contributed by atoms with Crippen LogP contribution in [0.3, 0.4) is 0 Å². The van der Waals surface area contributed by atoms with E-state index >= 15 is 0 Å². The Balaban J connectivity index is 3.83. The number of hydrogen-bond acceptors (Lipinski definition) is 6. The second-order valence-corrected chi connectivity index (χ2v) is 22.4. The molecular weight excluding hydrogens is 840 g/mol. The van der Waals surface area contributed by atoms with Crippen molar-refractivity contribution < 1.29 is 32.9 Å². The molecule has 0 saturated heterocycles. The molecule has 9 heteroatoms. The lowest BCUT2D eigenvalue weighted by atomic mass is 10.0. The van der Waals surface area contributed by atoms with Gasteiger partial charge in [-0.1, -0.05) is 256 Å². The van der Waals surface area contributed by atoms with Crippen molar-refractivity contribution in [2.45, 2.75) is 296 Å². The molecule has 0 spiro atoms. The maximum absolute atomic E-state index is 12.9. The molecular formula is C57H113N2O6P. The molecule has 66 heavy (non-hydrogen) atoms. The topological polar surface area (TPSA) is 108 Å². The third-order valence-corrected chi connectivity index (χ3v) is 14.2. The van der Waals surface area contributed by atoms with Crippen molar-refractivity contribution in [3.8, 4) is 0 Å². The standard InChI is InChI=1S/C57H113N2O6P/c1-6-8-10-12-14-16-17-18-19-20-21-22-23-24-25-26-27-28-29-30-31-32-33-34-35-36-37-38-39-40-41-43-45-47-49-51-57(61)58-55(54-65-66(62,63)64-53-52-59(3,4)5)56(60)50-48-46-44-42-15-13-11-9-7-2/h17-18,20-21,55-56,60H,6-16,19,22-54H2,1-5H3,(H-,58,61,62,63)/b18-17-,21-20-. The fraction of sp³-hybridized carbons (Fsp3) is 0.912. The highest BCUT2D eigenvalue weighted by atomic mass is 31.2. The number of likely N-dealkylation sites (N-methyl/N-ethyl adjacent to an activating group) is 1. The number of hydrogen-bond donors (Lipinski definition) is 2. The second kappa shape index (κ2) is 49.0. The predicted molar refractivity (Wildman–Crippen MR) is 284 cm³/mol. The summed E-state index contributed by atoms with van der Waals surface area (Å²) >= 11 is 0. The second-order valence-electron chi connectivity index (χ2n) is 21.0. The number of nitrogens with one attached hydrogen (secondary N) is 1. The quantitative estimate of drug-likeness (QED) is 0.0272. The van der Waals surface area contributed by atoms with Gasteiger partial charge in [0.15, 0.2) is 0 Å². The molecule has 1 amide bonds. The normalized spacial score (nSPS) is 14.1. The van der Waals surface area contributed by atoms with Crippen molar-refractivity contribution in [3.63, 3.8) is 0 Å². The molecule has 0 aliphatic heterocycles. The molecule has 8 nitrogen and oxygen atoms in total. The maximum Gasteiger partial charge on any atom is 0.268 e. The molecule has 3 unspecified atom stereocenters. The Labute approximate surface area is 411 Å². The summed E-state index contributed by atoms with van der Waals surface area (Å²) < 4.78 is 23.3. The first-order chi connectivity index (χ1) is 32.0. The van der Waals surface area contributed by atoms with Crippen molar-refractivity contribution >= 4 is 13.7 Å². The third kappa shape index (κ3) is 50.8. The third-order valence-electron chi connectivity index (χ3n) is 13.2. The van der Waals surface area contributed by atoms with Crippen molar-refractivity contribution in [2.24, 2.45) is 0 Å². The number of unbranched alkanes of at least 4 members (excludes halogenated alkanes) is 36. The van der Waals surface area contributed by atoms with Gasteiger partial charge in [-0.25, -0.2) is 0 Å². The summed E-state index contributed by atoms with van der Waals surface area (Å²) in [6, 6.07) is -0.795. The van der Waals surface area contributed by atoms with E-state index in [4.69, 9.17) is 9.05 Å². The van der Waals surface area contributed by atoms with E-state index in [0.717, 1.165) is 44.9 Å². The Morgan fingerprint density at radius 2 is 0.879 bits per heavy atom. The van der Waals surface area contributed by atoms with E-state index in [9.17, 15) is 19.4 Å². The van der Waals surface area contributed by atoms with E-state index in [-0.39, 0.29) is 19.1 Å². The highest BCUT2D eigenvalue weighted by Crippen LogP contribution is 2.38. The molecule has 0 aliphatic rings. The number of nitrogens with zero attached hydrogens (tertiary/aromatic N) is 1. The molecule has 0 aliphatic carbocycles. The molecule has 2 N–H and O–H groups in total. The van der Waals surface area contributed by atoms with Gasteiger partial charge in [-0.3, -0.25) is 9.36 Å². The van der Waals surface area contributed by atoms with Crippen LogP contribution in [0.15, 0.2) is 24.3 Å². The molecule has 0 radical (unpaired) electrons. The Kier molecular flexibility index (Phi) is 48.2. The lowest BCUT2D eigenvalue weighted by Crippen LogP contribution is -2.46. The SMILES string of the molecule is CCCCCCC/C=C\C/C=C\CCCCCCCCCCCCCCCCCCCCCCCCCC(=O)NC(COP(=O)([O-])OCC[N+](C)(C)C)C(O)CCCCCCCCCCC. The molecule has 3 atom stereocenters. The lowest BCUT2D eigenvalue weighted by molar-refractivity contribution is -0.870. The van der Waals surface area contributed by atoms with Crippen LogP contribution >= 0.6 is 7.82 Å². The van der Waals surface area contributed by atoms with E-state index in [1.807, 2.05) is 21.1 Å². The molecule has 0 saturated carbocycles. The highest BCUT2D eigenvalue weighted by molar-refractivity contribution is 7.45. The Bertz CT molecular complexity index is 1130. The number of phosphoric acid groups is 1. The van der Waals surface area contributed by atoms with Gasteiger partial charge in [0, 0.05) is 6.42 Å². The van der Waals surface area contributed by atoms with Gasteiger partial charge in [0.1, 0.15) is 13.2 Å². The van der Waals surface area contributed by atoms with Gasteiger partial charge in [-0.05, 0) is 44.9 Å². The molecule has 392 valence electrons. The molecule has 0 bridgehead atoms. The van der Waals surface area contributed by atoms with E-state index < -0.39 is 20.0 Å². The Hall–Kier alpha value is -1.02. The van der Waals surface area contributed by atoms with Gasteiger partial charge in [0.25, 0.3) is 7.82 Å². The molecule has 0 rings (SSSR count). The smallest absolute Gasteiger partial charge is 0.268 e. The number of carbonyl (C=O) groups is 1. The van der Waals surface area contributed by atoms with Gasteiger partial charge in [0.2, 0.25) is 5.91 Å². The lowest BCUT2D eigenvalue weighted by Gasteiger charge is -2.30. The predicted octanol–water partition coefficient (Wildman–Crippen LogP) is 16.6. The molecule has 0 aromatic heterocycles. The maximum atomic E-state index is 12.9. The van der Waals surface area contributed by atoms with Gasteiger partial charge in [0.05, 0.1) is 39.9 Å². The van der Waals surface area contributed by atoms with Gasteiger partial charge < -0.3 is 28.8 Å². The first-order valence-corrected chi connectivity index (χ1v) is 30.1. The van der Waals surface area contributed by atoms with E-state index in [0.29, 0.717) is 23.9 Å². The minimum absolute atomic E-state index is 0.0144. The van der Waals surface area contributed by atoms with Crippen LogP contribution in [0, 0.1) is 0 Å². The van der Waals surface area contributed by atoms with Crippen LogP contribution in [-0.4, -0.2) is 68.5 Å². The van der Waals surface area contributed by atoms with Crippen LogP contribution in [0.2, 0.25) is 0 Å². The first kappa shape index (κ1) is 65.0. The van der Waals surface area contributed by atoms with Gasteiger partial charge in [-0.2, -0.15) is 0 Å². The van der Waals surface area contributed by atoms with Gasteiger partial charge >= 0.3 is 0 Å². The summed E-state index contributed by atoms with van der Waals surface area (Å²) in [6.45, 7) is 4.71. The minimum Gasteiger partial charge on any atom is -0.756 e. The van der Waals surface area contributed by atoms with Crippen molar-refractivity contribution in [1.29, 1.82) is 0 Å². The highest BCUT2D eigenvalue weighted by Gasteiger charge is 2.24. The molecule has 0 fully saturated rings. The van der Waals surface area contributed by atoms with Crippen LogP contribution < -0.4 is 10.2 Å². The fourth-order valence-corrected chi connectivity index (χ4v) is 9.38. The number of carbonyl (C=O) groups excluding carboxylic acids is 1. The zero-order valence-electron chi connectivity index (χ0n) is 44.7. The largest absolute Gasteiger partial charge is 0.756 e. The van der Waals surface area contributed by atoms with Crippen molar-refractivity contribution in [3.05, 3.63) is 24.3 Å². The molecule has 0 aromatic carbocycles. The van der Waals surface area contributed by atoms with E-state index in [1.165, 1.54) is 212 Å². The summed E-state index contributed by atoms with van der Waals surface area (Å²) in [5.41, 5.74) is 0. The zero-order valence-corrected chi connectivity index (χ0v) is 45.6. The average Bonchev–Trinajstić information content (AvgIpc) is 3.28. The van der Waals surface area contributed by atoms with E-state index in [2.05, 4.69) is 43.5 Å². The number of allylic oxidation sites excluding steroid dienone is 4. The number of aliphatic hydroxyl groups excluding tert-OH is 1. The number of amides is 1. The molecule has 0 heterocycles. The summed E-state index contributed by atoms with van der Waals surface area (Å²) in [5.74, 6) is -0.162. The Morgan fingerprint density at radius 1 is 0.530 bits per heavy atom. The van der Waals surface area contributed by atoms with Crippen LogP contribution in [-0.2, 0) is 18.4 Å². The fourth-order valence-electron chi connectivity index (χ4n) is 8.66. The summed E-state index contributed by atoms with van der Waals surface area (Å²) in [4.78, 5) is 25.4. The van der Waals surface area contributed by atoms with Gasteiger partial charge in [-0.15, -0.1) is 0 Å². The number of quaternary nitrogens is 1. The monoisotopic (exact) mass is 953 g/mol. The average molecular weight is 954 g/mol. The summed E-state index contributed by atoms with van der Waals surface area (Å²) in [7, 11) is 1.31. The summed E-state index contributed by atoms with van der Waals surface area (Å²) in [6.07, 6.45) is 61.0. The van der Waals surface area contributed by atoms with Crippen molar-refractivity contribution in [2.75, 3.05) is 40.9 Å². The summed E-state index contributed by atoms with van der Waals surface area (Å²) in [5, 5.41) is 13.9. The van der Waals surface area contributed by atoms with Crippen LogP contribution in [0.5, 0.6) is 0 Å². The Morgan fingerprint density at radius 3 is 1.26 bits per heavy atom. The van der Waals surface area contributed by atoms with E-state index in [1.54, 1.807) is 0 Å². The number of phosphoric ester groups is 1. The van der Waals surface area contributed by atoms with Crippen LogP contribution in [0.4, 0.5) is 0 Å². The van der Waals surface area contributed by atoms with Crippen LogP contribution in [0.1, 0.15) is 284 Å².